The van der Waals surface area contributed by atoms with E-state index < -0.39 is 46.0 Å². The summed E-state index contributed by atoms with van der Waals surface area (Å²) in [4.78, 5) is 40.7. The van der Waals surface area contributed by atoms with E-state index in [0.717, 1.165) is 5.56 Å². The van der Waals surface area contributed by atoms with Crippen molar-refractivity contribution in [1.29, 1.82) is 5.41 Å². The summed E-state index contributed by atoms with van der Waals surface area (Å²) in [5.41, 5.74) is 6.52. The van der Waals surface area contributed by atoms with Crippen LogP contribution < -0.4 is 15.8 Å². The van der Waals surface area contributed by atoms with Gasteiger partial charge in [-0.2, -0.15) is 0 Å². The van der Waals surface area contributed by atoms with Crippen LogP contribution in [0.15, 0.2) is 54.6 Å². The fourth-order valence-electron chi connectivity index (χ4n) is 4.39. The Balaban J connectivity index is 1.73. The van der Waals surface area contributed by atoms with Gasteiger partial charge in [0.25, 0.3) is 0 Å². The number of nitrogens with two attached hydrogens (primary N) is 1. The molecule has 2 amide bonds. The van der Waals surface area contributed by atoms with Gasteiger partial charge in [0.05, 0.1) is 12.2 Å². The average Bonchev–Trinajstić information content (AvgIpc) is 3.36. The number of nitrogens with one attached hydrogen (secondary N) is 3. The summed E-state index contributed by atoms with van der Waals surface area (Å²) < 4.78 is 33.7. The van der Waals surface area contributed by atoms with E-state index in [1.165, 1.54) is 4.90 Å². The highest BCUT2D eigenvalue weighted by molar-refractivity contribution is 7.88. The highest BCUT2D eigenvalue weighted by Crippen LogP contribution is 2.21. The van der Waals surface area contributed by atoms with Crippen LogP contribution in [0.5, 0.6) is 0 Å². The lowest BCUT2D eigenvalue weighted by atomic mass is 10.1. The highest BCUT2D eigenvalue weighted by Gasteiger charge is 2.39. The van der Waals surface area contributed by atoms with Gasteiger partial charge in [-0.25, -0.2) is 13.1 Å². The van der Waals surface area contributed by atoms with Crippen molar-refractivity contribution >= 4 is 33.6 Å². The second-order valence-electron chi connectivity index (χ2n) is 10.7. The topological polar surface area (TPSA) is 172 Å². The molecule has 0 bridgehead atoms. The molecule has 0 aromatic heterocycles. The maximum absolute atomic E-state index is 13.6. The molecule has 1 fully saturated rings. The number of likely N-dealkylation sites (tertiary alicyclic amines) is 1. The van der Waals surface area contributed by atoms with E-state index >= 15 is 0 Å². The maximum atomic E-state index is 13.6. The predicted octanol–water partition coefficient (Wildman–Crippen LogP) is 1.80. The van der Waals surface area contributed by atoms with Gasteiger partial charge in [0.2, 0.25) is 21.8 Å². The Morgan fingerprint density at radius 1 is 1.07 bits per heavy atom. The first-order chi connectivity index (χ1) is 18.7. The quantitative estimate of drug-likeness (QED) is 0.181. The molecular formula is C28H37N5O6S. The molecule has 11 nitrogen and oxygen atoms in total. The van der Waals surface area contributed by atoms with E-state index in [-0.39, 0.29) is 30.6 Å². The van der Waals surface area contributed by atoms with Gasteiger partial charge in [-0.05, 0) is 44.7 Å². The molecule has 40 heavy (non-hydrogen) atoms. The standard InChI is InChI=1S/C28H37N5O6S/c1-28(2,3)39-24(34)16-22(32-40(37,38)18-20-8-5-4-6-9-20)27(36)33-15-7-10-23(33)26(35)31-17-19-11-13-21(14-12-19)25(29)30/h4-6,8-9,11-14,22-23,32H,7,10,15-18H2,1-3H3,(H3,29,30)(H,31,35)/t22-,23+/m1/s1. The fourth-order valence-corrected chi connectivity index (χ4v) is 5.73. The number of esters is 1. The van der Waals surface area contributed by atoms with Gasteiger partial charge in [0, 0.05) is 18.7 Å². The Kier molecular flexibility index (Phi) is 10.0. The van der Waals surface area contributed by atoms with Crippen molar-refractivity contribution in [2.45, 2.75) is 70.0 Å². The zero-order valence-electron chi connectivity index (χ0n) is 23.0. The Morgan fingerprint density at radius 3 is 2.33 bits per heavy atom. The number of hydrogen-bond acceptors (Lipinski definition) is 7. The van der Waals surface area contributed by atoms with Crippen molar-refractivity contribution in [3.8, 4) is 0 Å². The molecule has 0 saturated carbocycles. The molecule has 1 saturated heterocycles. The Bertz CT molecular complexity index is 1320. The summed E-state index contributed by atoms with van der Waals surface area (Å²) in [5.74, 6) is -2.22. The van der Waals surface area contributed by atoms with Crippen molar-refractivity contribution in [3.05, 3.63) is 71.3 Å². The zero-order chi connectivity index (χ0) is 29.5. The SMILES string of the molecule is CC(C)(C)OC(=O)C[C@@H](NS(=O)(=O)Cc1ccccc1)C(=O)N1CCC[C@H]1C(=O)NCc1ccc(C(=N)N)cc1. The number of hydrogen-bond donors (Lipinski definition) is 4. The lowest BCUT2D eigenvalue weighted by Gasteiger charge is -2.29. The summed E-state index contributed by atoms with van der Waals surface area (Å²) in [6.45, 7) is 5.47. The molecule has 0 aliphatic carbocycles. The average molecular weight is 572 g/mol. The van der Waals surface area contributed by atoms with E-state index in [1.54, 1.807) is 75.4 Å². The molecule has 2 aromatic carbocycles. The van der Waals surface area contributed by atoms with Gasteiger partial charge in [0.15, 0.2) is 0 Å². The van der Waals surface area contributed by atoms with E-state index in [4.69, 9.17) is 15.9 Å². The summed E-state index contributed by atoms with van der Waals surface area (Å²) in [6, 6.07) is 13.1. The molecule has 2 aromatic rings. The molecule has 1 aliphatic rings. The first kappa shape index (κ1) is 30.8. The highest BCUT2D eigenvalue weighted by atomic mass is 32.2. The first-order valence-corrected chi connectivity index (χ1v) is 14.7. The molecule has 12 heteroatoms. The number of amidine groups is 1. The van der Waals surface area contributed by atoms with Crippen LogP contribution >= 0.6 is 0 Å². The third kappa shape index (κ3) is 9.16. The monoisotopic (exact) mass is 571 g/mol. The van der Waals surface area contributed by atoms with Gasteiger partial charge in [-0.15, -0.1) is 0 Å². The van der Waals surface area contributed by atoms with Crippen LogP contribution in [0.25, 0.3) is 0 Å². The predicted molar refractivity (Wildman–Crippen MR) is 150 cm³/mol. The summed E-state index contributed by atoms with van der Waals surface area (Å²) in [6.07, 6.45) is 0.432. The van der Waals surface area contributed by atoms with Gasteiger partial charge in [0.1, 0.15) is 23.5 Å². The Hall–Kier alpha value is -3.77. The number of nitrogens with zero attached hydrogens (tertiary/aromatic N) is 1. The summed E-state index contributed by atoms with van der Waals surface area (Å²) >= 11 is 0. The summed E-state index contributed by atoms with van der Waals surface area (Å²) in [5, 5.41) is 10.3. The molecule has 1 heterocycles. The Labute approximate surface area is 235 Å². The molecule has 216 valence electrons. The van der Waals surface area contributed by atoms with E-state index in [9.17, 15) is 22.8 Å². The van der Waals surface area contributed by atoms with Gasteiger partial charge >= 0.3 is 5.97 Å². The third-order valence-electron chi connectivity index (χ3n) is 6.18. The minimum atomic E-state index is -4.02. The van der Waals surface area contributed by atoms with Crippen molar-refractivity contribution < 1.29 is 27.5 Å². The number of nitrogen functional groups attached to an aromatic ring is 1. The molecular weight excluding hydrogens is 534 g/mol. The zero-order valence-corrected chi connectivity index (χ0v) is 23.8. The first-order valence-electron chi connectivity index (χ1n) is 13.0. The van der Waals surface area contributed by atoms with Crippen LogP contribution in [-0.2, 0) is 41.4 Å². The van der Waals surface area contributed by atoms with Crippen LogP contribution in [0.3, 0.4) is 0 Å². The Morgan fingerprint density at radius 2 is 1.73 bits per heavy atom. The minimum absolute atomic E-state index is 0.0592. The third-order valence-corrected chi connectivity index (χ3v) is 7.54. The van der Waals surface area contributed by atoms with Crippen LogP contribution in [0.1, 0.15) is 56.7 Å². The molecule has 1 aliphatic heterocycles. The number of sulfonamides is 1. The van der Waals surface area contributed by atoms with Gasteiger partial charge in [-0.3, -0.25) is 19.8 Å². The van der Waals surface area contributed by atoms with Crippen molar-refractivity contribution in [2.75, 3.05) is 6.54 Å². The van der Waals surface area contributed by atoms with Gasteiger partial charge in [-0.1, -0.05) is 54.6 Å². The molecule has 0 unspecified atom stereocenters. The molecule has 0 spiro atoms. The smallest absolute Gasteiger partial charge is 0.308 e. The van der Waals surface area contributed by atoms with Gasteiger partial charge < -0.3 is 20.7 Å². The fraction of sp³-hybridized carbons (Fsp3) is 0.429. The van der Waals surface area contributed by atoms with Crippen LogP contribution in [0, 0.1) is 5.41 Å². The van der Waals surface area contributed by atoms with Crippen LogP contribution in [0.2, 0.25) is 0 Å². The number of ether oxygens (including phenoxy) is 1. The molecule has 0 radical (unpaired) electrons. The maximum Gasteiger partial charge on any atom is 0.308 e. The number of amides is 2. The van der Waals surface area contributed by atoms with E-state index in [1.807, 2.05) is 0 Å². The van der Waals surface area contributed by atoms with Crippen molar-refractivity contribution in [2.24, 2.45) is 5.73 Å². The van der Waals surface area contributed by atoms with Crippen LogP contribution in [0.4, 0.5) is 0 Å². The number of carbonyl (C=O) groups excluding carboxylic acids is 3. The lowest BCUT2D eigenvalue weighted by Crippen LogP contribution is -2.54. The number of rotatable bonds is 11. The second-order valence-corrected chi connectivity index (χ2v) is 12.5. The number of carbonyl (C=O) groups is 3. The minimum Gasteiger partial charge on any atom is -0.460 e. The normalized spacial score (nSPS) is 16.3. The molecule has 2 atom stereocenters. The van der Waals surface area contributed by atoms with E-state index in [0.29, 0.717) is 24.0 Å². The van der Waals surface area contributed by atoms with E-state index in [2.05, 4.69) is 10.0 Å². The second kappa shape index (κ2) is 13.1. The number of benzene rings is 2. The van der Waals surface area contributed by atoms with Crippen LogP contribution in [-0.4, -0.2) is 61.2 Å². The summed E-state index contributed by atoms with van der Waals surface area (Å²) in [7, 11) is -4.02. The van der Waals surface area contributed by atoms with Crippen molar-refractivity contribution in [1.82, 2.24) is 14.9 Å². The molecule has 5 N–H and O–H groups in total. The lowest BCUT2D eigenvalue weighted by molar-refractivity contribution is -0.157. The largest absolute Gasteiger partial charge is 0.460 e. The molecule has 3 rings (SSSR count). The van der Waals surface area contributed by atoms with Crippen molar-refractivity contribution in [3.63, 3.8) is 0 Å².